The zero-order valence-corrected chi connectivity index (χ0v) is 18.8. The van der Waals surface area contributed by atoms with E-state index < -0.39 is 18.1 Å². The Morgan fingerprint density at radius 1 is 1.24 bits per heavy atom. The van der Waals surface area contributed by atoms with Crippen molar-refractivity contribution in [2.45, 2.75) is 37.8 Å². The molecule has 2 atom stereocenters. The molecule has 9 N–H and O–H groups in total. The molecular weight excluding hydrogens is 438 g/mol. The molecule has 2 unspecified atom stereocenters. The van der Waals surface area contributed by atoms with E-state index in [4.69, 9.17) is 16.9 Å². The van der Waals surface area contributed by atoms with Gasteiger partial charge < -0.3 is 37.1 Å². The van der Waals surface area contributed by atoms with Crippen molar-refractivity contribution in [2.75, 3.05) is 19.6 Å². The maximum Gasteiger partial charge on any atom is 0.330 e. The van der Waals surface area contributed by atoms with Crippen LogP contribution in [0.15, 0.2) is 42.1 Å². The van der Waals surface area contributed by atoms with Gasteiger partial charge in [-0.2, -0.15) is 0 Å². The summed E-state index contributed by atoms with van der Waals surface area (Å²) in [6, 6.07) is 5.45. The summed E-state index contributed by atoms with van der Waals surface area (Å²) in [6.07, 6.45) is 5.09. The van der Waals surface area contributed by atoms with E-state index in [1.54, 1.807) is 17.2 Å². The van der Waals surface area contributed by atoms with Gasteiger partial charge in [-0.1, -0.05) is 29.8 Å². The van der Waals surface area contributed by atoms with Gasteiger partial charge in [0.1, 0.15) is 0 Å². The van der Waals surface area contributed by atoms with Gasteiger partial charge in [0.15, 0.2) is 12.0 Å². The first-order valence-corrected chi connectivity index (χ1v) is 11.1. The molecule has 1 aliphatic heterocycles. The van der Waals surface area contributed by atoms with Crippen LogP contribution in [0, 0.1) is 5.41 Å². The summed E-state index contributed by atoms with van der Waals surface area (Å²) in [4.78, 5) is 41.0. The molecule has 0 saturated carbocycles. The molecule has 0 spiro atoms. The van der Waals surface area contributed by atoms with Gasteiger partial charge in [0, 0.05) is 48.7 Å². The number of aromatic nitrogens is 1. The highest BCUT2D eigenvalue weighted by Gasteiger charge is 2.25. The second-order valence-corrected chi connectivity index (χ2v) is 8.32. The lowest BCUT2D eigenvalue weighted by atomic mass is 10.1. The number of guanidine groups is 1. The zero-order chi connectivity index (χ0) is 24.7. The molecule has 1 aromatic carbocycles. The fraction of sp³-hybridized carbons (Fsp3) is 0.391. The van der Waals surface area contributed by atoms with Crippen molar-refractivity contribution in [3.05, 3.63) is 47.7 Å². The van der Waals surface area contributed by atoms with Gasteiger partial charge in [0.05, 0.1) is 6.04 Å². The van der Waals surface area contributed by atoms with E-state index >= 15 is 0 Å². The number of carbonyl (C=O) groups excluding carboxylic acids is 2. The van der Waals surface area contributed by atoms with Gasteiger partial charge in [-0.15, -0.1) is 0 Å². The minimum Gasteiger partial charge on any atom is -0.479 e. The predicted octanol–water partition coefficient (Wildman–Crippen LogP) is 0.549. The van der Waals surface area contributed by atoms with Gasteiger partial charge in [0.25, 0.3) is 0 Å². The zero-order valence-electron chi connectivity index (χ0n) is 18.8. The maximum atomic E-state index is 12.3. The van der Waals surface area contributed by atoms with Gasteiger partial charge >= 0.3 is 5.97 Å². The van der Waals surface area contributed by atoms with Gasteiger partial charge in [-0.25, -0.2) is 4.79 Å². The summed E-state index contributed by atoms with van der Waals surface area (Å²) in [7, 11) is 0. The number of aliphatic carboxylic acids is 1. The number of benzene rings is 1. The lowest BCUT2D eigenvalue weighted by Crippen LogP contribution is -2.41. The Hall–Kier alpha value is -3.86. The van der Waals surface area contributed by atoms with Crippen LogP contribution in [0.5, 0.6) is 0 Å². The number of fused-ring (bicyclic) bond motifs is 1. The molecule has 2 aromatic rings. The molecule has 0 radical (unpaired) electrons. The SMILES string of the molecule is N=C(N)N1CC=C(CC(N)C(=O)NCCCCC(=O)NC(C(=O)O)c2c[nH]c3ccccc23)C1. The summed E-state index contributed by atoms with van der Waals surface area (Å²) in [5, 5.41) is 23.1. The standard InChI is InChI=1S/C23H31N7O4/c24-17(11-14-8-10-30(13-14)23(25)26)21(32)27-9-4-3-7-19(31)29-20(22(33)34)16-12-28-18-6-2-1-5-15(16)18/h1-2,5-6,8,12,17,20,28H,3-4,7,9-11,13,24H2,(H3,25,26)(H,27,32)(H,29,31)(H,33,34). The van der Waals surface area contributed by atoms with Crippen LogP contribution in [0.3, 0.4) is 0 Å². The largest absolute Gasteiger partial charge is 0.479 e. The number of aromatic amines is 1. The predicted molar refractivity (Wildman–Crippen MR) is 128 cm³/mol. The van der Waals surface area contributed by atoms with E-state index in [0.717, 1.165) is 16.5 Å². The Kier molecular flexibility index (Phi) is 8.25. The minimum atomic E-state index is -1.15. The van der Waals surface area contributed by atoms with Crippen LogP contribution in [-0.2, 0) is 14.4 Å². The second-order valence-electron chi connectivity index (χ2n) is 8.32. The van der Waals surface area contributed by atoms with E-state index in [1.165, 1.54) is 0 Å². The van der Waals surface area contributed by atoms with Crippen molar-refractivity contribution < 1.29 is 19.5 Å². The first-order valence-electron chi connectivity index (χ1n) is 11.1. The van der Waals surface area contributed by atoms with Crippen LogP contribution in [0.4, 0.5) is 0 Å². The van der Waals surface area contributed by atoms with Crippen molar-refractivity contribution in [1.29, 1.82) is 5.41 Å². The summed E-state index contributed by atoms with van der Waals surface area (Å²) >= 11 is 0. The highest BCUT2D eigenvalue weighted by Crippen LogP contribution is 2.24. The average Bonchev–Trinajstić information content (AvgIpc) is 3.44. The van der Waals surface area contributed by atoms with Gasteiger partial charge in [0.2, 0.25) is 11.8 Å². The number of H-pyrrole nitrogens is 1. The highest BCUT2D eigenvalue weighted by atomic mass is 16.4. The van der Waals surface area contributed by atoms with Crippen molar-refractivity contribution in [1.82, 2.24) is 20.5 Å². The Morgan fingerprint density at radius 3 is 2.71 bits per heavy atom. The average molecular weight is 470 g/mol. The number of hydrogen-bond donors (Lipinski definition) is 7. The molecule has 2 amide bonds. The number of nitrogens with one attached hydrogen (secondary N) is 4. The fourth-order valence-corrected chi connectivity index (χ4v) is 3.91. The Labute approximate surface area is 197 Å². The summed E-state index contributed by atoms with van der Waals surface area (Å²) < 4.78 is 0. The molecule has 11 nitrogen and oxygen atoms in total. The van der Waals surface area contributed by atoms with Crippen LogP contribution in [0.2, 0.25) is 0 Å². The number of carboxylic acids is 1. The van der Waals surface area contributed by atoms with E-state index in [2.05, 4.69) is 15.6 Å². The van der Waals surface area contributed by atoms with E-state index in [9.17, 15) is 19.5 Å². The number of para-hydroxylation sites is 1. The second kappa shape index (κ2) is 11.3. The molecule has 34 heavy (non-hydrogen) atoms. The molecule has 1 aromatic heterocycles. The monoisotopic (exact) mass is 469 g/mol. The van der Waals surface area contributed by atoms with Crippen molar-refractivity contribution in [2.24, 2.45) is 11.5 Å². The number of carboxylic acid groups (broad SMARTS) is 1. The Balaban J connectivity index is 1.37. The normalized spacial score (nSPS) is 15.0. The molecule has 182 valence electrons. The molecule has 0 bridgehead atoms. The third-order valence-corrected chi connectivity index (χ3v) is 5.77. The quantitative estimate of drug-likeness (QED) is 0.108. The molecule has 2 heterocycles. The lowest BCUT2D eigenvalue weighted by molar-refractivity contribution is -0.142. The fourth-order valence-electron chi connectivity index (χ4n) is 3.91. The number of hydrogen-bond acceptors (Lipinski definition) is 5. The van der Waals surface area contributed by atoms with Crippen molar-refractivity contribution in [3.63, 3.8) is 0 Å². The number of rotatable bonds is 11. The molecule has 1 aliphatic rings. The van der Waals surface area contributed by atoms with E-state index in [1.807, 2.05) is 24.3 Å². The maximum absolute atomic E-state index is 12.3. The highest BCUT2D eigenvalue weighted by molar-refractivity contribution is 5.91. The molecular formula is C23H31N7O4. The van der Waals surface area contributed by atoms with Crippen LogP contribution < -0.4 is 22.1 Å². The number of unbranched alkanes of at least 4 members (excludes halogenated alkanes) is 1. The summed E-state index contributed by atoms with van der Waals surface area (Å²) in [5.74, 6) is -1.80. The molecule has 0 fully saturated rings. The van der Waals surface area contributed by atoms with E-state index in [0.29, 0.717) is 44.5 Å². The van der Waals surface area contributed by atoms with Crippen LogP contribution in [0.25, 0.3) is 10.9 Å². The smallest absolute Gasteiger partial charge is 0.330 e. The summed E-state index contributed by atoms with van der Waals surface area (Å²) in [6.45, 7) is 1.41. The van der Waals surface area contributed by atoms with Gasteiger partial charge in [-0.3, -0.25) is 15.0 Å². The Bertz CT molecular complexity index is 1090. The number of carbonyl (C=O) groups is 3. The van der Waals surface area contributed by atoms with Crippen molar-refractivity contribution in [3.8, 4) is 0 Å². The topological polar surface area (TPSA) is 190 Å². The minimum absolute atomic E-state index is 0.00978. The van der Waals surface area contributed by atoms with Crippen LogP contribution in [-0.4, -0.2) is 64.4 Å². The number of nitrogens with two attached hydrogens (primary N) is 2. The molecule has 0 saturated heterocycles. The Morgan fingerprint density at radius 2 is 2.00 bits per heavy atom. The molecule has 0 aliphatic carbocycles. The number of nitrogens with zero attached hydrogens (tertiary/aromatic N) is 1. The third kappa shape index (κ3) is 6.35. The van der Waals surface area contributed by atoms with Crippen molar-refractivity contribution >= 4 is 34.6 Å². The third-order valence-electron chi connectivity index (χ3n) is 5.77. The van der Waals surface area contributed by atoms with Gasteiger partial charge in [-0.05, 0) is 25.3 Å². The molecule has 3 rings (SSSR count). The number of amides is 2. The molecule has 11 heteroatoms. The van der Waals surface area contributed by atoms with Crippen LogP contribution >= 0.6 is 0 Å². The first-order chi connectivity index (χ1) is 16.3. The lowest BCUT2D eigenvalue weighted by Gasteiger charge is -2.17. The van der Waals surface area contributed by atoms with E-state index in [-0.39, 0.29) is 24.2 Å². The summed E-state index contributed by atoms with van der Waals surface area (Å²) in [5.41, 5.74) is 13.7. The first kappa shape index (κ1) is 24.8. The van der Waals surface area contributed by atoms with Crippen LogP contribution in [0.1, 0.15) is 37.3 Å².